The summed E-state index contributed by atoms with van der Waals surface area (Å²) < 4.78 is 0.775. The normalized spacial score (nSPS) is 10.1. The number of fused-ring (bicyclic) bond motifs is 1. The topological polar surface area (TPSA) is 70.0 Å². The van der Waals surface area contributed by atoms with E-state index in [-0.39, 0.29) is 5.75 Å². The van der Waals surface area contributed by atoms with Crippen molar-refractivity contribution in [2.75, 3.05) is 5.73 Å². The Kier molecular flexibility index (Phi) is 1.61. The van der Waals surface area contributed by atoms with Crippen molar-refractivity contribution in [3.8, 4) is 11.8 Å². The first-order valence-corrected chi connectivity index (χ1v) is 4.50. The molecule has 4 heteroatoms. The maximum Gasteiger partial charge on any atom is 0.135 e. The van der Waals surface area contributed by atoms with E-state index in [0.29, 0.717) is 16.6 Å². The summed E-state index contributed by atoms with van der Waals surface area (Å²) in [5, 5.41) is 20.4. The van der Waals surface area contributed by atoms with E-state index >= 15 is 0 Å². The first-order chi connectivity index (χ1) is 6.24. The van der Waals surface area contributed by atoms with Crippen LogP contribution >= 0.6 is 11.3 Å². The van der Waals surface area contributed by atoms with E-state index in [2.05, 4.69) is 0 Å². The Balaban J connectivity index is 2.99. The number of benzene rings is 1. The molecule has 2 rings (SSSR count). The van der Waals surface area contributed by atoms with Gasteiger partial charge in [0.1, 0.15) is 5.75 Å². The molecule has 2 aromatic rings. The molecule has 0 aliphatic heterocycles. The van der Waals surface area contributed by atoms with Crippen LogP contribution in [0.3, 0.4) is 0 Å². The molecule has 0 aliphatic rings. The van der Waals surface area contributed by atoms with Crippen LogP contribution in [0.5, 0.6) is 5.75 Å². The Morgan fingerprint density at radius 1 is 1.46 bits per heavy atom. The van der Waals surface area contributed by atoms with Crippen molar-refractivity contribution in [1.29, 1.82) is 5.26 Å². The summed E-state index contributed by atoms with van der Waals surface area (Å²) in [6.45, 7) is 0. The fourth-order valence-electron chi connectivity index (χ4n) is 1.25. The lowest BCUT2D eigenvalue weighted by Gasteiger charge is -1.97. The highest BCUT2D eigenvalue weighted by Gasteiger charge is 2.09. The van der Waals surface area contributed by atoms with Gasteiger partial charge in [-0.3, -0.25) is 0 Å². The van der Waals surface area contributed by atoms with Crippen LogP contribution in [0.25, 0.3) is 10.1 Å². The second kappa shape index (κ2) is 2.64. The van der Waals surface area contributed by atoms with Gasteiger partial charge in [-0.15, -0.1) is 11.3 Å². The smallest absolute Gasteiger partial charge is 0.135 e. The molecule has 0 radical (unpaired) electrons. The van der Waals surface area contributed by atoms with E-state index in [1.54, 1.807) is 17.5 Å². The lowest BCUT2D eigenvalue weighted by molar-refractivity contribution is 0.483. The van der Waals surface area contributed by atoms with Gasteiger partial charge in [-0.05, 0) is 12.1 Å². The number of nitrogens with zero attached hydrogens (tertiary/aromatic N) is 1. The molecule has 0 aliphatic carbocycles. The first kappa shape index (κ1) is 7.90. The molecular weight excluding hydrogens is 184 g/mol. The SMILES string of the molecule is N#Cc1ccc(N)c2scc(O)c12. The molecule has 1 aromatic carbocycles. The van der Waals surface area contributed by atoms with E-state index in [4.69, 9.17) is 11.0 Å². The summed E-state index contributed by atoms with van der Waals surface area (Å²) in [7, 11) is 0. The number of nitriles is 1. The predicted octanol–water partition coefficient (Wildman–Crippen LogP) is 2.06. The number of hydrogen-bond donors (Lipinski definition) is 2. The lowest BCUT2D eigenvalue weighted by atomic mass is 10.1. The van der Waals surface area contributed by atoms with Crippen molar-refractivity contribution in [2.24, 2.45) is 0 Å². The third-order valence-corrected chi connectivity index (χ3v) is 2.87. The van der Waals surface area contributed by atoms with Gasteiger partial charge in [-0.2, -0.15) is 5.26 Å². The van der Waals surface area contributed by atoms with Crippen molar-refractivity contribution >= 4 is 27.1 Å². The lowest BCUT2D eigenvalue weighted by Crippen LogP contribution is -1.85. The van der Waals surface area contributed by atoms with Gasteiger partial charge in [0.15, 0.2) is 0 Å². The van der Waals surface area contributed by atoms with E-state index in [1.165, 1.54) is 11.3 Å². The molecule has 3 nitrogen and oxygen atoms in total. The third-order valence-electron chi connectivity index (χ3n) is 1.85. The molecule has 0 atom stereocenters. The molecule has 0 amide bonds. The van der Waals surface area contributed by atoms with Gasteiger partial charge >= 0.3 is 0 Å². The average Bonchev–Trinajstić information content (AvgIpc) is 2.51. The third kappa shape index (κ3) is 1.02. The van der Waals surface area contributed by atoms with Crippen LogP contribution in [0, 0.1) is 11.3 Å². The summed E-state index contributed by atoms with van der Waals surface area (Å²) >= 11 is 1.34. The van der Waals surface area contributed by atoms with Gasteiger partial charge < -0.3 is 10.8 Å². The molecule has 1 heterocycles. The Hall–Kier alpha value is -1.73. The van der Waals surface area contributed by atoms with Crippen molar-refractivity contribution < 1.29 is 5.11 Å². The van der Waals surface area contributed by atoms with Crippen molar-refractivity contribution in [3.63, 3.8) is 0 Å². The Bertz CT molecular complexity index is 510. The largest absolute Gasteiger partial charge is 0.506 e. The second-order valence-electron chi connectivity index (χ2n) is 2.64. The fourth-order valence-corrected chi connectivity index (χ4v) is 2.13. The quantitative estimate of drug-likeness (QED) is 0.624. The standard InChI is InChI=1S/C9H6N2OS/c10-3-5-1-2-6(11)9-8(5)7(12)4-13-9/h1-2,4,12H,11H2. The monoisotopic (exact) mass is 190 g/mol. The van der Waals surface area contributed by atoms with Crippen LogP contribution in [0.4, 0.5) is 5.69 Å². The minimum Gasteiger partial charge on any atom is -0.506 e. The summed E-state index contributed by atoms with van der Waals surface area (Å²) in [5.74, 6) is 0.129. The highest BCUT2D eigenvalue weighted by Crippen LogP contribution is 2.37. The molecule has 0 saturated carbocycles. The molecule has 0 saturated heterocycles. The van der Waals surface area contributed by atoms with Crippen LogP contribution in [-0.2, 0) is 0 Å². The van der Waals surface area contributed by atoms with Gasteiger partial charge in [-0.25, -0.2) is 0 Å². The number of rotatable bonds is 0. The molecule has 0 bridgehead atoms. The number of aromatic hydroxyl groups is 1. The number of nitrogens with two attached hydrogens (primary N) is 1. The van der Waals surface area contributed by atoms with Gasteiger partial charge in [0.25, 0.3) is 0 Å². The molecule has 64 valence electrons. The van der Waals surface area contributed by atoms with E-state index in [9.17, 15) is 5.11 Å². The van der Waals surface area contributed by atoms with Gasteiger partial charge in [-0.1, -0.05) is 0 Å². The van der Waals surface area contributed by atoms with Crippen LogP contribution in [0.2, 0.25) is 0 Å². The van der Waals surface area contributed by atoms with Gasteiger partial charge in [0.05, 0.1) is 21.7 Å². The predicted molar refractivity (Wildman–Crippen MR) is 52.6 cm³/mol. The van der Waals surface area contributed by atoms with Gasteiger partial charge in [0, 0.05) is 11.1 Å². The summed E-state index contributed by atoms with van der Waals surface area (Å²) in [6.07, 6.45) is 0. The Morgan fingerprint density at radius 2 is 2.23 bits per heavy atom. The number of thiophene rings is 1. The highest BCUT2D eigenvalue weighted by molar-refractivity contribution is 7.18. The maximum atomic E-state index is 9.45. The number of nitrogen functional groups attached to an aromatic ring is 1. The van der Waals surface area contributed by atoms with Crippen LogP contribution in [-0.4, -0.2) is 5.11 Å². The minimum absolute atomic E-state index is 0.129. The molecule has 0 spiro atoms. The van der Waals surface area contributed by atoms with Gasteiger partial charge in [0.2, 0.25) is 0 Å². The minimum atomic E-state index is 0.129. The van der Waals surface area contributed by atoms with Crippen LogP contribution in [0.1, 0.15) is 5.56 Å². The summed E-state index contributed by atoms with van der Waals surface area (Å²) in [5.41, 5.74) is 6.74. The van der Waals surface area contributed by atoms with E-state index in [1.807, 2.05) is 6.07 Å². The summed E-state index contributed by atoms with van der Waals surface area (Å²) in [4.78, 5) is 0. The Labute approximate surface area is 78.6 Å². The maximum absolute atomic E-state index is 9.45. The van der Waals surface area contributed by atoms with Crippen molar-refractivity contribution in [1.82, 2.24) is 0 Å². The molecule has 3 N–H and O–H groups in total. The van der Waals surface area contributed by atoms with E-state index < -0.39 is 0 Å². The van der Waals surface area contributed by atoms with Crippen LogP contribution < -0.4 is 5.73 Å². The zero-order valence-electron chi connectivity index (χ0n) is 6.61. The zero-order chi connectivity index (χ0) is 9.42. The molecule has 0 unspecified atom stereocenters. The molecule has 13 heavy (non-hydrogen) atoms. The van der Waals surface area contributed by atoms with Crippen molar-refractivity contribution in [3.05, 3.63) is 23.1 Å². The van der Waals surface area contributed by atoms with Crippen LogP contribution in [0.15, 0.2) is 17.5 Å². The second-order valence-corrected chi connectivity index (χ2v) is 3.52. The summed E-state index contributed by atoms with van der Waals surface area (Å²) in [6, 6.07) is 5.31. The van der Waals surface area contributed by atoms with Crippen molar-refractivity contribution in [2.45, 2.75) is 0 Å². The first-order valence-electron chi connectivity index (χ1n) is 3.63. The fraction of sp³-hybridized carbons (Fsp3) is 0. The number of hydrogen-bond acceptors (Lipinski definition) is 4. The number of anilines is 1. The molecule has 0 fully saturated rings. The Morgan fingerprint density at radius 3 is 2.92 bits per heavy atom. The molecule has 1 aromatic heterocycles. The molecular formula is C9H6N2OS. The van der Waals surface area contributed by atoms with E-state index in [0.717, 1.165) is 4.70 Å². The zero-order valence-corrected chi connectivity index (χ0v) is 7.43. The average molecular weight is 190 g/mol. The highest BCUT2D eigenvalue weighted by atomic mass is 32.1.